The number of aliphatic carboxylic acids is 1. The fourth-order valence-corrected chi connectivity index (χ4v) is 4.09. The zero-order valence-electron chi connectivity index (χ0n) is 13.1. The molecule has 1 aliphatic heterocycles. The van der Waals surface area contributed by atoms with E-state index in [1.54, 1.807) is 4.90 Å². The molecule has 1 aliphatic carbocycles. The molecule has 0 bridgehead atoms. The quantitative estimate of drug-likeness (QED) is 0.837. The second-order valence-corrected chi connectivity index (χ2v) is 6.99. The van der Waals surface area contributed by atoms with Crippen molar-refractivity contribution < 1.29 is 23.1 Å². The molecule has 1 heterocycles. The second-order valence-electron chi connectivity index (χ2n) is 6.99. The summed E-state index contributed by atoms with van der Waals surface area (Å²) >= 11 is 0. The molecule has 2 rings (SSSR count). The molecule has 2 atom stereocenters. The van der Waals surface area contributed by atoms with Gasteiger partial charge in [0, 0.05) is 19.6 Å². The Morgan fingerprint density at radius 2 is 1.73 bits per heavy atom. The fraction of sp³-hybridized carbons (Fsp3) is 0.938. The Balaban J connectivity index is 1.86. The monoisotopic (exact) mass is 321 g/mol. The number of likely N-dealkylation sites (tertiary alicyclic amines) is 1. The number of carboxylic acid groups (broad SMARTS) is 1. The van der Waals surface area contributed by atoms with Gasteiger partial charge in [-0.3, -0.25) is 4.79 Å². The summed E-state index contributed by atoms with van der Waals surface area (Å²) in [7, 11) is 0. The maximum absolute atomic E-state index is 13.0. The van der Waals surface area contributed by atoms with E-state index in [0.717, 1.165) is 31.6 Å². The molecule has 0 amide bonds. The summed E-state index contributed by atoms with van der Waals surface area (Å²) in [4.78, 5) is 12.8. The lowest BCUT2D eigenvalue weighted by molar-refractivity contribution is -0.188. The molecule has 22 heavy (non-hydrogen) atoms. The third-order valence-electron chi connectivity index (χ3n) is 5.31. The molecular formula is C16H26F3NO2. The minimum absolute atomic E-state index is 0.0361. The lowest BCUT2D eigenvalue weighted by Crippen LogP contribution is -2.34. The Morgan fingerprint density at radius 3 is 2.18 bits per heavy atom. The first-order chi connectivity index (χ1) is 10.3. The van der Waals surface area contributed by atoms with Crippen LogP contribution in [0.3, 0.4) is 0 Å². The van der Waals surface area contributed by atoms with E-state index >= 15 is 0 Å². The Bertz CT molecular complexity index is 378. The molecule has 0 radical (unpaired) electrons. The van der Waals surface area contributed by atoms with E-state index in [2.05, 4.69) is 6.92 Å². The van der Waals surface area contributed by atoms with Crippen molar-refractivity contribution >= 4 is 5.97 Å². The lowest BCUT2D eigenvalue weighted by atomic mass is 9.80. The van der Waals surface area contributed by atoms with Gasteiger partial charge in [0.15, 0.2) is 0 Å². The highest BCUT2D eigenvalue weighted by atomic mass is 19.4. The molecule has 1 N–H and O–H groups in total. The molecule has 2 fully saturated rings. The predicted molar refractivity (Wildman–Crippen MR) is 77.5 cm³/mol. The number of halogens is 3. The number of carboxylic acids is 1. The van der Waals surface area contributed by atoms with Gasteiger partial charge in [0.2, 0.25) is 0 Å². The van der Waals surface area contributed by atoms with Crippen LogP contribution < -0.4 is 0 Å². The molecular weight excluding hydrogens is 295 g/mol. The Morgan fingerprint density at radius 1 is 1.14 bits per heavy atom. The topological polar surface area (TPSA) is 40.5 Å². The molecule has 3 nitrogen and oxygen atoms in total. The van der Waals surface area contributed by atoms with Crippen molar-refractivity contribution in [3.8, 4) is 0 Å². The summed E-state index contributed by atoms with van der Waals surface area (Å²) < 4.78 is 38.9. The highest BCUT2D eigenvalue weighted by Gasteiger charge is 2.52. The average Bonchev–Trinajstić information content (AvgIpc) is 2.85. The Kier molecular flexibility index (Phi) is 5.75. The number of carbonyl (C=O) groups is 1. The molecule has 0 aromatic rings. The van der Waals surface area contributed by atoms with E-state index in [1.165, 1.54) is 12.8 Å². The van der Waals surface area contributed by atoms with Gasteiger partial charge in [0.25, 0.3) is 0 Å². The Hall–Kier alpha value is -0.780. The van der Waals surface area contributed by atoms with Crippen LogP contribution in [0.25, 0.3) is 0 Å². The summed E-state index contributed by atoms with van der Waals surface area (Å²) in [5, 5.41) is 9.04. The fourth-order valence-electron chi connectivity index (χ4n) is 4.09. The van der Waals surface area contributed by atoms with Gasteiger partial charge in [-0.25, -0.2) is 0 Å². The van der Waals surface area contributed by atoms with Crippen molar-refractivity contribution in [2.75, 3.05) is 19.6 Å². The minimum Gasteiger partial charge on any atom is -0.481 e. The van der Waals surface area contributed by atoms with Crippen LogP contribution in [0.2, 0.25) is 0 Å². The first-order valence-corrected chi connectivity index (χ1v) is 8.33. The van der Waals surface area contributed by atoms with Crippen LogP contribution in [-0.4, -0.2) is 41.8 Å². The van der Waals surface area contributed by atoms with Gasteiger partial charge in [-0.2, -0.15) is 13.2 Å². The predicted octanol–water partition coefficient (Wildman–Crippen LogP) is 3.79. The number of hydrogen-bond donors (Lipinski definition) is 1. The van der Waals surface area contributed by atoms with E-state index < -0.39 is 24.0 Å². The minimum atomic E-state index is -4.42. The van der Waals surface area contributed by atoms with Gasteiger partial charge in [-0.1, -0.05) is 32.6 Å². The van der Waals surface area contributed by atoms with Gasteiger partial charge in [0.1, 0.15) is 0 Å². The van der Waals surface area contributed by atoms with Crippen molar-refractivity contribution in [2.24, 2.45) is 23.7 Å². The van der Waals surface area contributed by atoms with Gasteiger partial charge < -0.3 is 10.0 Å². The molecule has 0 unspecified atom stereocenters. The normalized spacial score (nSPS) is 34.0. The van der Waals surface area contributed by atoms with Crippen LogP contribution in [0.15, 0.2) is 0 Å². The maximum atomic E-state index is 13.0. The largest absolute Gasteiger partial charge is 0.481 e. The van der Waals surface area contributed by atoms with Gasteiger partial charge in [-0.15, -0.1) is 0 Å². The first-order valence-electron chi connectivity index (χ1n) is 8.33. The number of alkyl halides is 3. The molecule has 1 saturated carbocycles. The SMILES string of the molecule is CCCC1CCC(CN2C[C@@H](C(F)(F)F)[C@H](C(=O)O)C2)CC1. The standard InChI is InChI=1S/C16H26F3NO2/c1-2-3-11-4-6-12(7-5-11)8-20-9-13(15(21)22)14(10-20)16(17,18)19/h11-14H,2-10H2,1H3,(H,21,22)/t11?,12?,13-,14-/m1/s1. The number of nitrogens with zero attached hydrogens (tertiary/aromatic N) is 1. The van der Waals surface area contributed by atoms with Crippen molar-refractivity contribution in [1.29, 1.82) is 0 Å². The third kappa shape index (κ3) is 4.37. The van der Waals surface area contributed by atoms with Crippen molar-refractivity contribution in [3.63, 3.8) is 0 Å². The summed E-state index contributed by atoms with van der Waals surface area (Å²) in [6.45, 7) is 2.68. The zero-order valence-corrected chi connectivity index (χ0v) is 13.1. The van der Waals surface area contributed by atoms with Gasteiger partial charge in [0.05, 0.1) is 11.8 Å². The van der Waals surface area contributed by atoms with E-state index in [0.29, 0.717) is 12.5 Å². The Labute approximate surface area is 129 Å². The number of rotatable bonds is 5. The summed E-state index contributed by atoms with van der Waals surface area (Å²) in [5.74, 6) is -3.15. The molecule has 0 aromatic carbocycles. The van der Waals surface area contributed by atoms with Crippen LogP contribution in [-0.2, 0) is 4.79 Å². The smallest absolute Gasteiger partial charge is 0.393 e. The van der Waals surface area contributed by atoms with E-state index in [9.17, 15) is 18.0 Å². The van der Waals surface area contributed by atoms with Crippen LogP contribution in [0.5, 0.6) is 0 Å². The second kappa shape index (κ2) is 7.20. The highest BCUT2D eigenvalue weighted by Crippen LogP contribution is 2.39. The molecule has 0 spiro atoms. The zero-order chi connectivity index (χ0) is 16.3. The van der Waals surface area contributed by atoms with Crippen molar-refractivity contribution in [3.05, 3.63) is 0 Å². The molecule has 1 saturated heterocycles. The van der Waals surface area contributed by atoms with Gasteiger partial charge >= 0.3 is 12.1 Å². The molecule has 0 aromatic heterocycles. The average molecular weight is 321 g/mol. The van der Waals surface area contributed by atoms with Crippen molar-refractivity contribution in [2.45, 2.75) is 51.6 Å². The summed E-state index contributed by atoms with van der Waals surface area (Å²) in [5.41, 5.74) is 0. The van der Waals surface area contributed by atoms with Crippen LogP contribution in [0, 0.1) is 23.7 Å². The third-order valence-corrected chi connectivity index (χ3v) is 5.31. The van der Waals surface area contributed by atoms with Gasteiger partial charge in [-0.05, 0) is 24.7 Å². The highest BCUT2D eigenvalue weighted by molar-refractivity contribution is 5.71. The van der Waals surface area contributed by atoms with E-state index in [4.69, 9.17) is 5.11 Å². The van der Waals surface area contributed by atoms with Crippen LogP contribution in [0.1, 0.15) is 45.4 Å². The number of hydrogen-bond acceptors (Lipinski definition) is 2. The lowest BCUT2D eigenvalue weighted by Gasteiger charge is -2.31. The molecule has 6 heteroatoms. The first kappa shape index (κ1) is 17.6. The van der Waals surface area contributed by atoms with E-state index in [1.807, 2.05) is 0 Å². The maximum Gasteiger partial charge on any atom is 0.393 e. The van der Waals surface area contributed by atoms with Crippen LogP contribution in [0.4, 0.5) is 13.2 Å². The van der Waals surface area contributed by atoms with E-state index in [-0.39, 0.29) is 13.1 Å². The summed E-state index contributed by atoms with van der Waals surface area (Å²) in [6.07, 6.45) is 2.47. The van der Waals surface area contributed by atoms with Crippen LogP contribution >= 0.6 is 0 Å². The summed E-state index contributed by atoms with van der Waals surface area (Å²) in [6, 6.07) is 0. The molecule has 2 aliphatic rings. The molecule has 128 valence electrons. The van der Waals surface area contributed by atoms with Crippen molar-refractivity contribution in [1.82, 2.24) is 4.90 Å².